The Bertz CT molecular complexity index is 2080. The van der Waals surface area contributed by atoms with E-state index in [0.717, 1.165) is 10.4 Å². The predicted molar refractivity (Wildman–Crippen MR) is 206 cm³/mol. The van der Waals surface area contributed by atoms with Gasteiger partial charge in [-0.2, -0.15) is 0 Å². The Balaban J connectivity index is 1.61. The van der Waals surface area contributed by atoms with Crippen LogP contribution in [0.1, 0.15) is 101 Å². The molecule has 4 aromatic rings. The first-order valence-electron chi connectivity index (χ1n) is 17.7. The Morgan fingerprint density at radius 3 is 2.39 bits per heavy atom. The zero-order valence-corrected chi connectivity index (χ0v) is 32.2. The predicted octanol–water partition coefficient (Wildman–Crippen LogP) is 6.75. The van der Waals surface area contributed by atoms with Crippen molar-refractivity contribution in [3.8, 4) is 27.3 Å². The summed E-state index contributed by atoms with van der Waals surface area (Å²) in [6, 6.07) is 13.1. The van der Waals surface area contributed by atoms with Gasteiger partial charge in [-0.3, -0.25) is 14.4 Å². The van der Waals surface area contributed by atoms with E-state index in [1.807, 2.05) is 32.2 Å². The number of ether oxygens (including phenoxy) is 3. The highest BCUT2D eigenvalue weighted by atomic mass is 32.1. The van der Waals surface area contributed by atoms with Gasteiger partial charge >= 0.3 is 12.1 Å². The average molecular weight is 756 g/mol. The van der Waals surface area contributed by atoms with Gasteiger partial charge in [0.1, 0.15) is 17.0 Å². The van der Waals surface area contributed by atoms with E-state index in [2.05, 4.69) is 26.3 Å². The number of hydrogen-bond acceptors (Lipinski definition) is 10. The van der Waals surface area contributed by atoms with E-state index in [9.17, 15) is 24.0 Å². The first-order valence-corrected chi connectivity index (χ1v) is 18.5. The Labute approximate surface area is 318 Å². The van der Waals surface area contributed by atoms with Crippen molar-refractivity contribution in [2.45, 2.75) is 72.6 Å². The summed E-state index contributed by atoms with van der Waals surface area (Å²) in [7, 11) is 1.21. The molecular weight excluding hydrogens is 711 g/mol. The Hall–Kier alpha value is -5.76. The fraction of sp³-hybridized carbons (Fsp3) is 0.350. The molecule has 0 saturated carbocycles. The highest BCUT2D eigenvalue weighted by molar-refractivity contribution is 7.13. The molecule has 0 radical (unpaired) electrons. The quantitative estimate of drug-likeness (QED) is 0.121. The number of benzene rings is 2. The molecule has 4 N–H and O–H groups in total. The number of nitrogens with zero attached hydrogens (tertiary/aromatic N) is 1. The molecule has 1 aliphatic heterocycles. The SMILES string of the molecule is CCCNC(=O)c1ccc(-c2cc3c(cc2C(=O)Nc2ccc(CNC(=O)OC(C)(C)C)cc2C(=O)NC(C)C)-c2sccc2CCO3)c(C(=O)OC)n1. The molecule has 0 spiro atoms. The van der Waals surface area contributed by atoms with Crippen LogP contribution in [0.2, 0.25) is 0 Å². The molecule has 2 aromatic heterocycles. The van der Waals surface area contributed by atoms with Crippen LogP contribution in [-0.4, -0.2) is 66.7 Å². The first-order chi connectivity index (χ1) is 25.7. The number of carbonyl (C=O) groups is 5. The van der Waals surface area contributed by atoms with Crippen LogP contribution in [0.4, 0.5) is 10.5 Å². The number of aromatic nitrogens is 1. The van der Waals surface area contributed by atoms with Crippen LogP contribution in [0.25, 0.3) is 21.6 Å². The highest BCUT2D eigenvalue weighted by Crippen LogP contribution is 2.43. The van der Waals surface area contributed by atoms with Crippen LogP contribution in [0.5, 0.6) is 5.75 Å². The average Bonchev–Trinajstić information content (AvgIpc) is 3.52. The molecule has 1 aliphatic rings. The number of amides is 4. The van der Waals surface area contributed by atoms with E-state index in [1.54, 1.807) is 57.2 Å². The number of methoxy groups -OCH3 is 1. The number of alkyl carbamates (subject to hydrolysis) is 1. The minimum Gasteiger partial charge on any atom is -0.493 e. The summed E-state index contributed by atoms with van der Waals surface area (Å²) in [5, 5.41) is 13.2. The van der Waals surface area contributed by atoms with Gasteiger partial charge in [-0.25, -0.2) is 14.6 Å². The molecule has 0 aliphatic carbocycles. The minimum absolute atomic E-state index is 0.00916. The molecule has 0 saturated heterocycles. The fourth-order valence-electron chi connectivity index (χ4n) is 5.73. The summed E-state index contributed by atoms with van der Waals surface area (Å²) in [6.07, 6.45) is 0.751. The zero-order chi connectivity index (χ0) is 39.2. The maximum atomic E-state index is 14.5. The molecule has 0 unspecified atom stereocenters. The van der Waals surface area contributed by atoms with E-state index in [4.69, 9.17) is 14.2 Å². The summed E-state index contributed by atoms with van der Waals surface area (Å²) in [5.41, 5.74) is 2.57. The first kappa shape index (κ1) is 39.4. The Morgan fingerprint density at radius 2 is 1.69 bits per heavy atom. The maximum Gasteiger partial charge on any atom is 0.407 e. The third kappa shape index (κ3) is 9.42. The van der Waals surface area contributed by atoms with Crippen molar-refractivity contribution < 1.29 is 38.2 Å². The standard InChI is InChI=1S/C40H45N5O8S/c1-8-15-41-37(48)31-12-10-25(33(44-31)38(49)51-7)26-20-32-29(34-24(13-16-52-32)14-17-54-34)19-27(26)35(46)45-30-11-9-23(18-28(30)36(47)43-22(2)3)21-42-39(50)53-40(4,5)6/h9-12,14,17-20,22H,8,13,15-16,21H2,1-7H3,(H,41,48)(H,42,50)(H,43,47)(H,45,46). The number of rotatable bonds is 11. The molecule has 13 nitrogen and oxygen atoms in total. The van der Waals surface area contributed by atoms with E-state index >= 15 is 0 Å². The van der Waals surface area contributed by atoms with Crippen LogP contribution in [0, 0.1) is 0 Å². The van der Waals surface area contributed by atoms with E-state index < -0.39 is 35.4 Å². The lowest BCUT2D eigenvalue weighted by Gasteiger charge is -2.20. The number of nitrogens with one attached hydrogen (secondary N) is 4. The highest BCUT2D eigenvalue weighted by Gasteiger charge is 2.28. The number of carbonyl (C=O) groups excluding carboxylic acids is 5. The Morgan fingerprint density at radius 1 is 0.907 bits per heavy atom. The van der Waals surface area contributed by atoms with Crippen molar-refractivity contribution in [3.05, 3.63) is 87.6 Å². The van der Waals surface area contributed by atoms with Gasteiger partial charge in [0.25, 0.3) is 17.7 Å². The maximum absolute atomic E-state index is 14.5. The molecule has 0 fully saturated rings. The summed E-state index contributed by atoms with van der Waals surface area (Å²) in [5.74, 6) is -1.79. The van der Waals surface area contributed by atoms with Crippen LogP contribution in [0.15, 0.2) is 53.9 Å². The zero-order valence-electron chi connectivity index (χ0n) is 31.4. The van der Waals surface area contributed by atoms with Crippen molar-refractivity contribution in [2.75, 3.05) is 25.6 Å². The molecule has 284 valence electrons. The van der Waals surface area contributed by atoms with Crippen LogP contribution >= 0.6 is 11.3 Å². The van der Waals surface area contributed by atoms with Crippen LogP contribution < -0.4 is 26.0 Å². The van der Waals surface area contributed by atoms with Crippen molar-refractivity contribution >= 4 is 46.8 Å². The number of esters is 1. The van der Waals surface area contributed by atoms with Gasteiger partial charge < -0.3 is 35.5 Å². The lowest BCUT2D eigenvalue weighted by atomic mass is 9.93. The second kappa shape index (κ2) is 16.9. The minimum atomic E-state index is -0.805. The van der Waals surface area contributed by atoms with Gasteiger partial charge in [0, 0.05) is 52.7 Å². The van der Waals surface area contributed by atoms with Gasteiger partial charge in [0.15, 0.2) is 5.69 Å². The summed E-state index contributed by atoms with van der Waals surface area (Å²) < 4.78 is 16.6. The topological polar surface area (TPSA) is 174 Å². The van der Waals surface area contributed by atoms with Gasteiger partial charge in [0.2, 0.25) is 0 Å². The van der Waals surface area contributed by atoms with Crippen LogP contribution in [-0.2, 0) is 22.4 Å². The summed E-state index contributed by atoms with van der Waals surface area (Å²) in [4.78, 5) is 71.8. The largest absolute Gasteiger partial charge is 0.493 e. The van der Waals surface area contributed by atoms with Gasteiger partial charge in [0.05, 0.1) is 25.0 Å². The summed E-state index contributed by atoms with van der Waals surface area (Å²) >= 11 is 1.52. The molecule has 0 bridgehead atoms. The smallest absolute Gasteiger partial charge is 0.407 e. The molecule has 5 rings (SSSR count). The molecule has 2 aromatic carbocycles. The number of fused-ring (bicyclic) bond motifs is 3. The number of hydrogen-bond donors (Lipinski definition) is 4. The van der Waals surface area contributed by atoms with E-state index in [0.29, 0.717) is 48.4 Å². The van der Waals surface area contributed by atoms with Gasteiger partial charge in [-0.15, -0.1) is 11.3 Å². The lowest BCUT2D eigenvalue weighted by molar-refractivity contribution is 0.0521. The van der Waals surface area contributed by atoms with Crippen molar-refractivity contribution in [3.63, 3.8) is 0 Å². The molecule has 54 heavy (non-hydrogen) atoms. The molecule has 14 heteroatoms. The second-order valence-electron chi connectivity index (χ2n) is 13.9. The number of pyridine rings is 1. The van der Waals surface area contributed by atoms with Gasteiger partial charge in [-0.05, 0) is 100 Å². The number of anilines is 1. The fourth-order valence-corrected chi connectivity index (χ4v) is 6.70. The van der Waals surface area contributed by atoms with Gasteiger partial charge in [-0.1, -0.05) is 13.0 Å². The third-order valence-electron chi connectivity index (χ3n) is 8.15. The van der Waals surface area contributed by atoms with Crippen molar-refractivity contribution in [2.24, 2.45) is 0 Å². The molecule has 3 heterocycles. The van der Waals surface area contributed by atoms with Crippen molar-refractivity contribution in [1.29, 1.82) is 0 Å². The normalized spacial score (nSPS) is 12.0. The second-order valence-corrected chi connectivity index (χ2v) is 14.8. The Kier molecular flexibility index (Phi) is 12.4. The molecule has 0 atom stereocenters. The number of thiophene rings is 1. The van der Waals surface area contributed by atoms with Crippen molar-refractivity contribution in [1.82, 2.24) is 20.9 Å². The summed E-state index contributed by atoms with van der Waals surface area (Å²) in [6.45, 7) is 11.7. The lowest BCUT2D eigenvalue weighted by Crippen LogP contribution is -2.33. The monoisotopic (exact) mass is 755 g/mol. The molecule has 4 amide bonds. The molecular formula is C40H45N5O8S. The third-order valence-corrected chi connectivity index (χ3v) is 9.14. The van der Waals surface area contributed by atoms with Crippen LogP contribution in [0.3, 0.4) is 0 Å². The van der Waals surface area contributed by atoms with E-state index in [-0.39, 0.29) is 46.4 Å². The van der Waals surface area contributed by atoms with E-state index in [1.165, 1.54) is 24.5 Å².